The van der Waals surface area contributed by atoms with Gasteiger partial charge in [-0.25, -0.2) is 22.8 Å². The Morgan fingerprint density at radius 1 is 0.286 bits per heavy atom. The molecule has 28 heteroatoms. The fraction of sp³-hybridized carbons (Fsp3) is 0. The van der Waals surface area contributed by atoms with E-state index < -0.39 is 39.1 Å². The molecule has 0 radical (unpaired) electrons. The summed E-state index contributed by atoms with van der Waals surface area (Å²) in [4.78, 5) is 108. The van der Waals surface area contributed by atoms with Crippen LogP contribution in [0.3, 0.4) is 0 Å². The zero-order valence-electron chi connectivity index (χ0n) is 17.0. The largest absolute Gasteiger partial charge is 1.00 e. The molecule has 0 fully saturated rings. The van der Waals surface area contributed by atoms with E-state index in [1.165, 1.54) is 0 Å². The third-order valence-electron chi connectivity index (χ3n) is 0. The second-order valence-corrected chi connectivity index (χ2v) is 7.70. The predicted molar refractivity (Wildman–Crippen MR) is 74.7 cm³/mol. The van der Waals surface area contributed by atoms with Crippen molar-refractivity contribution in [1.29, 1.82) is 0 Å². The van der Waals surface area contributed by atoms with E-state index in [0.717, 1.165) is 0 Å². The minimum atomic E-state index is -4.64. The first-order chi connectivity index (χ1) is 10.0. The number of hydrogen-bond donors (Lipinski definition) is 15. The van der Waals surface area contributed by atoms with Crippen LogP contribution in [0, 0.1) is 0 Å². The summed E-state index contributed by atoms with van der Waals surface area (Å²) in [7, 11) is -23.2. The molecule has 0 heterocycles. The Balaban J connectivity index is -0.0000000171. The molecule has 0 rings (SSSR count). The Hall–Kier alpha value is 5.46. The molecule has 0 aliphatic rings. The first-order valence-corrected chi connectivity index (χ1v) is 11.7. The van der Waals surface area contributed by atoms with E-state index in [0.29, 0.717) is 0 Å². The monoisotopic (exact) mass is 610 g/mol. The van der Waals surface area contributed by atoms with Crippen molar-refractivity contribution in [3.05, 3.63) is 0 Å². The SMILES string of the molecule is O=P(O)(O)O.O=P(O)(O)O.O=P(O)(O)O.O=P(O)(O)O.O=P(O)(O)O.[H-].[H-].[H-].[K+].[K+].[K+]. The van der Waals surface area contributed by atoms with Gasteiger partial charge in [0.05, 0.1) is 0 Å². The molecule has 0 atom stereocenters. The van der Waals surface area contributed by atoms with Gasteiger partial charge < -0.3 is 77.7 Å². The number of hydrogen-bond acceptors (Lipinski definition) is 5. The van der Waals surface area contributed by atoms with E-state index in [1.54, 1.807) is 0 Å². The topological polar surface area (TPSA) is 389 Å². The van der Waals surface area contributed by atoms with Crippen LogP contribution in [-0.4, -0.2) is 73.4 Å². The van der Waals surface area contributed by atoms with Crippen LogP contribution in [0.5, 0.6) is 0 Å². The Labute approximate surface area is 287 Å². The number of phosphoric acid groups is 5. The third-order valence-corrected chi connectivity index (χ3v) is 0. The Morgan fingerprint density at radius 2 is 0.286 bits per heavy atom. The molecule has 0 spiro atoms. The van der Waals surface area contributed by atoms with Gasteiger partial charge >= 0.3 is 193 Å². The van der Waals surface area contributed by atoms with Crippen molar-refractivity contribution >= 4 is 39.1 Å². The maximum absolute atomic E-state index is 8.88. The Morgan fingerprint density at radius 3 is 0.286 bits per heavy atom. The van der Waals surface area contributed by atoms with E-state index in [2.05, 4.69) is 0 Å². The average molecular weight is 610 g/mol. The van der Waals surface area contributed by atoms with Crippen LogP contribution in [0.25, 0.3) is 0 Å². The fourth-order valence-corrected chi connectivity index (χ4v) is 0. The summed E-state index contributed by atoms with van der Waals surface area (Å²) in [5, 5.41) is 0. The van der Waals surface area contributed by atoms with Gasteiger partial charge in [0.15, 0.2) is 0 Å². The quantitative estimate of drug-likeness (QED) is 0.0893. The summed E-state index contributed by atoms with van der Waals surface area (Å²) >= 11 is 0. The summed E-state index contributed by atoms with van der Waals surface area (Å²) in [5.41, 5.74) is 0. The van der Waals surface area contributed by atoms with Gasteiger partial charge in [0.2, 0.25) is 0 Å². The van der Waals surface area contributed by atoms with Crippen LogP contribution >= 0.6 is 39.1 Å². The molecule has 0 aliphatic carbocycles. The molecule has 0 bridgehead atoms. The predicted octanol–water partition coefficient (Wildman–Crippen LogP) is -13.3. The third kappa shape index (κ3) is 979. The van der Waals surface area contributed by atoms with Crippen molar-refractivity contribution < 1.29 is 255 Å². The van der Waals surface area contributed by atoms with Crippen molar-refractivity contribution in [3.8, 4) is 0 Å². The first-order valence-electron chi connectivity index (χ1n) is 3.91. The fourth-order valence-electron chi connectivity index (χ4n) is 0. The minimum absolute atomic E-state index is 0. The molecule has 15 N–H and O–H groups in total. The van der Waals surface area contributed by atoms with Crippen LogP contribution in [0.15, 0.2) is 0 Å². The molecular weight excluding hydrogens is 592 g/mol. The molecule has 0 aliphatic heterocycles. The smallest absolute Gasteiger partial charge is 1.00 e. The standard InChI is InChI=1S/3K.5H3O4P.3H/c;;;5*1-5(2,3)4;;;/h;;;5*(H3,1,2,3,4);;;/q3*+1;;;;;;3*-1. The van der Waals surface area contributed by atoms with Crippen LogP contribution in [0.1, 0.15) is 4.28 Å². The van der Waals surface area contributed by atoms with Gasteiger partial charge in [-0.05, 0) is 0 Å². The maximum atomic E-state index is 8.88. The van der Waals surface area contributed by atoms with Gasteiger partial charge in [-0.15, -0.1) is 0 Å². The minimum Gasteiger partial charge on any atom is -1.00 e. The summed E-state index contributed by atoms with van der Waals surface area (Å²) in [5.74, 6) is 0. The van der Waals surface area contributed by atoms with Crippen molar-refractivity contribution in [3.63, 3.8) is 0 Å². The van der Waals surface area contributed by atoms with Crippen molar-refractivity contribution in [2.24, 2.45) is 0 Å². The molecule has 0 amide bonds. The van der Waals surface area contributed by atoms with Crippen LogP contribution < -0.4 is 154 Å². The molecule has 20 nitrogen and oxygen atoms in total. The number of rotatable bonds is 0. The second-order valence-electron chi connectivity index (χ2n) is 2.57. The van der Waals surface area contributed by atoms with E-state index in [1.807, 2.05) is 0 Å². The molecule has 28 heavy (non-hydrogen) atoms. The first kappa shape index (κ1) is 54.4. The van der Waals surface area contributed by atoms with E-state index in [9.17, 15) is 0 Å². The molecule has 0 aromatic rings. The zero-order chi connectivity index (χ0) is 22.5. The van der Waals surface area contributed by atoms with Gasteiger partial charge in [-0.3, -0.25) is 0 Å². The van der Waals surface area contributed by atoms with Crippen LogP contribution in [-0.2, 0) is 22.8 Å². The molecular formula is H18K3O20P5. The summed E-state index contributed by atoms with van der Waals surface area (Å²) in [6, 6.07) is 0. The van der Waals surface area contributed by atoms with Gasteiger partial charge in [0.25, 0.3) is 0 Å². The maximum Gasteiger partial charge on any atom is 1.00 e. The van der Waals surface area contributed by atoms with Crippen molar-refractivity contribution in [2.45, 2.75) is 0 Å². The molecule has 166 valence electrons. The summed E-state index contributed by atoms with van der Waals surface area (Å²) < 4.78 is 44.4. The summed E-state index contributed by atoms with van der Waals surface area (Å²) in [6.45, 7) is 0. The van der Waals surface area contributed by atoms with Gasteiger partial charge in [-0.1, -0.05) is 0 Å². The normalized spacial score (nSPS) is 10.5. The molecule has 0 aromatic heterocycles. The molecule has 0 saturated carbocycles. The van der Waals surface area contributed by atoms with Gasteiger partial charge in [0, 0.05) is 0 Å². The van der Waals surface area contributed by atoms with Gasteiger partial charge in [-0.2, -0.15) is 0 Å². The van der Waals surface area contributed by atoms with Crippen LogP contribution in [0.4, 0.5) is 0 Å². The molecule has 0 saturated heterocycles. The van der Waals surface area contributed by atoms with Crippen molar-refractivity contribution in [1.82, 2.24) is 0 Å². The molecule has 0 aromatic carbocycles. The van der Waals surface area contributed by atoms with E-state index in [4.69, 9.17) is 96.2 Å². The van der Waals surface area contributed by atoms with Gasteiger partial charge in [0.1, 0.15) is 0 Å². The van der Waals surface area contributed by atoms with E-state index in [-0.39, 0.29) is 158 Å². The van der Waals surface area contributed by atoms with Crippen molar-refractivity contribution in [2.75, 3.05) is 0 Å². The Kier molecular flexibility index (Phi) is 49.6. The van der Waals surface area contributed by atoms with E-state index >= 15 is 0 Å². The Bertz CT molecular complexity index is 393. The zero-order valence-corrected chi connectivity index (χ0v) is 27.8. The summed E-state index contributed by atoms with van der Waals surface area (Å²) in [6.07, 6.45) is 0. The average Bonchev–Trinajstić information content (AvgIpc) is 1.79. The molecule has 0 unspecified atom stereocenters. The van der Waals surface area contributed by atoms with Crippen LogP contribution in [0.2, 0.25) is 0 Å². The second kappa shape index (κ2) is 25.5.